The van der Waals surface area contributed by atoms with Gasteiger partial charge in [-0.2, -0.15) is 12.6 Å². The summed E-state index contributed by atoms with van der Waals surface area (Å²) in [6.07, 6.45) is 4.24. The van der Waals surface area contributed by atoms with Gasteiger partial charge in [0.05, 0.1) is 0 Å². The average molecular weight is 190 g/mol. The Morgan fingerprint density at radius 3 is 2.45 bits per heavy atom. The Morgan fingerprint density at radius 1 is 1.36 bits per heavy atom. The Morgan fingerprint density at radius 2 is 2.00 bits per heavy atom. The minimum atomic E-state index is -1.26. The first-order valence-corrected chi connectivity index (χ1v) is 7.92. The van der Waals surface area contributed by atoms with Crippen LogP contribution in [0.5, 0.6) is 0 Å². The Hall–Kier alpha value is 0.267. The van der Waals surface area contributed by atoms with Crippen LogP contribution in [-0.4, -0.2) is 14.9 Å². The number of allylic oxidation sites excluding steroid dienone is 1. The Bertz CT molecular complexity index is 118. The van der Waals surface area contributed by atoms with E-state index in [4.69, 9.17) is 4.43 Å². The summed E-state index contributed by atoms with van der Waals surface area (Å²) in [6.45, 7) is 7.53. The normalized spacial score (nSPS) is 12.7. The quantitative estimate of drug-likeness (QED) is 0.398. The van der Waals surface area contributed by atoms with Crippen molar-refractivity contribution in [2.45, 2.75) is 32.5 Å². The molecule has 0 bridgehead atoms. The second-order valence-electron chi connectivity index (χ2n) is 3.49. The predicted octanol–water partition coefficient (Wildman–Crippen LogP) is 3.06. The monoisotopic (exact) mass is 190 g/mol. The second kappa shape index (κ2) is 5.86. The topological polar surface area (TPSA) is 9.23 Å². The molecule has 0 saturated carbocycles. The summed E-state index contributed by atoms with van der Waals surface area (Å²) in [5, 5.41) is 1.79. The lowest BCUT2D eigenvalue weighted by atomic mass is 10.3. The zero-order valence-electron chi connectivity index (χ0n) is 7.63. The molecule has 0 fully saturated rings. The molecule has 0 atom stereocenters. The predicted molar refractivity (Wildman–Crippen MR) is 56.7 cm³/mol. The molecule has 11 heavy (non-hydrogen) atoms. The van der Waals surface area contributed by atoms with Gasteiger partial charge in [0.15, 0.2) is 8.32 Å². The Kier molecular flexibility index (Phi) is 6.00. The Balaban J connectivity index is 3.15. The van der Waals surface area contributed by atoms with Crippen molar-refractivity contribution in [1.82, 2.24) is 0 Å². The number of hydrogen-bond acceptors (Lipinski definition) is 2. The van der Waals surface area contributed by atoms with Crippen molar-refractivity contribution < 1.29 is 4.43 Å². The van der Waals surface area contributed by atoms with Crippen LogP contribution in [0.1, 0.15) is 12.8 Å². The molecule has 0 aromatic carbocycles. The lowest BCUT2D eigenvalue weighted by Crippen LogP contribution is -2.25. The zero-order chi connectivity index (χ0) is 8.74. The van der Waals surface area contributed by atoms with E-state index in [2.05, 4.69) is 38.3 Å². The molecular weight excluding hydrogens is 172 g/mol. The van der Waals surface area contributed by atoms with Gasteiger partial charge in [-0.15, -0.1) is 0 Å². The van der Waals surface area contributed by atoms with E-state index < -0.39 is 8.32 Å². The van der Waals surface area contributed by atoms with Crippen molar-refractivity contribution in [2.24, 2.45) is 0 Å². The summed E-state index contributed by atoms with van der Waals surface area (Å²) < 4.78 is 5.66. The van der Waals surface area contributed by atoms with E-state index in [9.17, 15) is 0 Å². The lowest BCUT2D eigenvalue weighted by molar-refractivity contribution is 0.306. The minimum Gasteiger partial charge on any atom is -0.418 e. The highest BCUT2D eigenvalue weighted by molar-refractivity contribution is 7.83. The highest BCUT2D eigenvalue weighted by atomic mass is 32.1. The fourth-order valence-corrected chi connectivity index (χ4v) is 1.56. The van der Waals surface area contributed by atoms with Gasteiger partial charge in [0.1, 0.15) is 0 Å². The molecule has 66 valence electrons. The number of thiol groups is 1. The molecule has 0 N–H and O–H groups in total. The summed E-state index contributed by atoms with van der Waals surface area (Å²) in [5.41, 5.74) is 0. The molecule has 0 aliphatic carbocycles. The van der Waals surface area contributed by atoms with E-state index in [0.29, 0.717) is 0 Å². The molecule has 3 heteroatoms. The number of unbranched alkanes of at least 4 members (excludes halogenated alkanes) is 1. The minimum absolute atomic E-state index is 0.897. The first-order valence-electron chi connectivity index (χ1n) is 3.99. The van der Waals surface area contributed by atoms with Gasteiger partial charge >= 0.3 is 0 Å². The Labute approximate surface area is 76.4 Å². The zero-order valence-corrected chi connectivity index (χ0v) is 9.53. The van der Waals surface area contributed by atoms with E-state index in [1.165, 1.54) is 0 Å². The van der Waals surface area contributed by atoms with Crippen LogP contribution in [0.15, 0.2) is 11.5 Å². The third-order valence-electron chi connectivity index (χ3n) is 1.16. The third-order valence-corrected chi connectivity index (χ3v) is 2.44. The van der Waals surface area contributed by atoms with Crippen LogP contribution in [0.25, 0.3) is 0 Å². The fourth-order valence-electron chi connectivity index (χ4n) is 0.654. The third kappa shape index (κ3) is 10.3. The van der Waals surface area contributed by atoms with E-state index >= 15 is 0 Å². The maximum Gasteiger partial charge on any atom is 0.183 e. The molecule has 0 aliphatic rings. The summed E-state index contributed by atoms with van der Waals surface area (Å²) in [7, 11) is -1.26. The summed E-state index contributed by atoms with van der Waals surface area (Å²) in [4.78, 5) is 0. The highest BCUT2D eigenvalue weighted by Gasteiger charge is 2.12. The van der Waals surface area contributed by atoms with E-state index in [1.54, 1.807) is 5.41 Å². The molecule has 0 amide bonds. The number of rotatable bonds is 5. The van der Waals surface area contributed by atoms with E-state index in [1.807, 2.05) is 0 Å². The van der Waals surface area contributed by atoms with E-state index in [-0.39, 0.29) is 0 Å². The molecular formula is C8H18OSSi. The van der Waals surface area contributed by atoms with Crippen molar-refractivity contribution in [2.75, 3.05) is 6.61 Å². The smallest absolute Gasteiger partial charge is 0.183 e. The molecule has 0 saturated heterocycles. The van der Waals surface area contributed by atoms with Gasteiger partial charge < -0.3 is 4.43 Å². The molecule has 1 nitrogen and oxygen atoms in total. The molecule has 0 heterocycles. The van der Waals surface area contributed by atoms with Crippen LogP contribution in [0, 0.1) is 0 Å². The van der Waals surface area contributed by atoms with Gasteiger partial charge in [0.25, 0.3) is 0 Å². The fraction of sp³-hybridized carbons (Fsp3) is 0.750. The van der Waals surface area contributed by atoms with Gasteiger partial charge in [0.2, 0.25) is 0 Å². The SMILES string of the molecule is C[Si](C)(C)OCCC/C=C/S. The van der Waals surface area contributed by atoms with Crippen LogP contribution in [0.4, 0.5) is 0 Å². The summed E-state index contributed by atoms with van der Waals surface area (Å²) in [6, 6.07) is 0. The van der Waals surface area contributed by atoms with Crippen LogP contribution in [0.2, 0.25) is 19.6 Å². The largest absolute Gasteiger partial charge is 0.418 e. The van der Waals surface area contributed by atoms with Crippen LogP contribution < -0.4 is 0 Å². The standard InChI is InChI=1S/C8H18OSSi/c1-11(2,3)9-7-5-4-6-8-10/h6,8,10H,4-5,7H2,1-3H3/b8-6+. The van der Waals surface area contributed by atoms with Crippen LogP contribution in [0.3, 0.4) is 0 Å². The highest BCUT2D eigenvalue weighted by Crippen LogP contribution is 2.04. The molecule has 0 spiro atoms. The van der Waals surface area contributed by atoms with Gasteiger partial charge in [-0.05, 0) is 37.9 Å². The van der Waals surface area contributed by atoms with Gasteiger partial charge in [0, 0.05) is 6.61 Å². The van der Waals surface area contributed by atoms with Crippen molar-refractivity contribution in [3.63, 3.8) is 0 Å². The van der Waals surface area contributed by atoms with Crippen molar-refractivity contribution in [3.8, 4) is 0 Å². The number of hydrogen-bond donors (Lipinski definition) is 1. The molecule has 0 aromatic heterocycles. The van der Waals surface area contributed by atoms with Crippen molar-refractivity contribution in [3.05, 3.63) is 11.5 Å². The van der Waals surface area contributed by atoms with Gasteiger partial charge in [-0.3, -0.25) is 0 Å². The molecule has 0 radical (unpaired) electrons. The van der Waals surface area contributed by atoms with Gasteiger partial charge in [-0.1, -0.05) is 6.08 Å². The second-order valence-corrected chi connectivity index (χ2v) is 8.30. The van der Waals surface area contributed by atoms with E-state index in [0.717, 1.165) is 19.4 Å². The van der Waals surface area contributed by atoms with Crippen LogP contribution >= 0.6 is 12.6 Å². The van der Waals surface area contributed by atoms with Crippen molar-refractivity contribution in [1.29, 1.82) is 0 Å². The maximum atomic E-state index is 5.66. The van der Waals surface area contributed by atoms with Crippen molar-refractivity contribution >= 4 is 20.9 Å². The first kappa shape index (κ1) is 11.3. The summed E-state index contributed by atoms with van der Waals surface area (Å²) >= 11 is 3.97. The van der Waals surface area contributed by atoms with Gasteiger partial charge in [-0.25, -0.2) is 0 Å². The molecule has 0 aromatic rings. The molecule has 0 aliphatic heterocycles. The summed E-state index contributed by atoms with van der Waals surface area (Å²) in [5.74, 6) is 0. The average Bonchev–Trinajstić information content (AvgIpc) is 1.85. The molecule has 0 rings (SSSR count). The lowest BCUT2D eigenvalue weighted by Gasteiger charge is -2.16. The first-order chi connectivity index (χ1) is 5.06. The molecule has 0 unspecified atom stereocenters. The van der Waals surface area contributed by atoms with Crippen LogP contribution in [-0.2, 0) is 4.43 Å². The maximum absolute atomic E-state index is 5.66.